The predicted molar refractivity (Wildman–Crippen MR) is 36.9 cm³/mol. The average Bonchev–Trinajstić information content (AvgIpc) is 2.50. The third kappa shape index (κ3) is 0.528. The first-order chi connectivity index (χ1) is 4.64. The summed E-state index contributed by atoms with van der Waals surface area (Å²) >= 11 is 5.05. The Kier molecular flexibility index (Phi) is 0.870. The van der Waals surface area contributed by atoms with Crippen LogP contribution in [0.15, 0.2) is 12.7 Å². The first-order valence-corrected chi connectivity index (χ1v) is 3.54. The van der Waals surface area contributed by atoms with Crippen molar-refractivity contribution >= 4 is 17.0 Å². The van der Waals surface area contributed by atoms with Crippen LogP contribution in [0.25, 0.3) is 0 Å². The molecule has 2 fully saturated rings. The van der Waals surface area contributed by atoms with Crippen LogP contribution in [0.4, 0.5) is 4.79 Å². The van der Waals surface area contributed by atoms with Crippen LogP contribution in [0.3, 0.4) is 0 Å². The summed E-state index contributed by atoms with van der Waals surface area (Å²) in [4.78, 5) is 10.3. The monoisotopic (exact) mass is 158 g/mol. The molecule has 0 spiro atoms. The van der Waals surface area contributed by atoms with Crippen molar-refractivity contribution in [3.8, 4) is 0 Å². The highest BCUT2D eigenvalue weighted by Crippen LogP contribution is 2.81. The van der Waals surface area contributed by atoms with Gasteiger partial charge in [-0.1, -0.05) is 6.08 Å². The fourth-order valence-corrected chi connectivity index (χ4v) is 1.68. The molecule has 10 heavy (non-hydrogen) atoms. The molecule has 0 heterocycles. The fraction of sp³-hybridized carbons (Fsp3) is 0.571. The van der Waals surface area contributed by atoms with Crippen molar-refractivity contribution in [3.05, 3.63) is 12.7 Å². The SMILES string of the molecule is C=CC12CC1(OC(=O)Cl)C2. The molecule has 0 radical (unpaired) electrons. The number of halogens is 1. The van der Waals surface area contributed by atoms with Gasteiger partial charge in [-0.05, 0) is 0 Å². The molecule has 0 aromatic rings. The summed E-state index contributed by atoms with van der Waals surface area (Å²) in [5.74, 6) is 0. The third-order valence-electron chi connectivity index (χ3n) is 2.53. The van der Waals surface area contributed by atoms with E-state index in [2.05, 4.69) is 6.58 Å². The zero-order chi connectivity index (χ0) is 7.41. The molecule has 2 aliphatic rings. The van der Waals surface area contributed by atoms with E-state index in [4.69, 9.17) is 16.3 Å². The number of carbonyl (C=O) groups excluding carboxylic acids is 1. The van der Waals surface area contributed by atoms with E-state index in [1.165, 1.54) is 0 Å². The third-order valence-corrected chi connectivity index (χ3v) is 2.60. The number of hydrogen-bond donors (Lipinski definition) is 0. The minimum absolute atomic E-state index is 0.123. The Morgan fingerprint density at radius 3 is 2.60 bits per heavy atom. The van der Waals surface area contributed by atoms with Gasteiger partial charge in [0, 0.05) is 29.9 Å². The lowest BCUT2D eigenvalue weighted by Crippen LogP contribution is -2.03. The Morgan fingerprint density at radius 1 is 1.70 bits per heavy atom. The van der Waals surface area contributed by atoms with Crippen LogP contribution in [-0.4, -0.2) is 11.0 Å². The summed E-state index contributed by atoms with van der Waals surface area (Å²) in [5.41, 5.74) is -0.785. The summed E-state index contributed by atoms with van der Waals surface area (Å²) in [6, 6.07) is 0. The summed E-state index contributed by atoms with van der Waals surface area (Å²) in [6.45, 7) is 3.65. The Bertz CT molecular complexity index is 216. The molecule has 2 aliphatic carbocycles. The summed E-state index contributed by atoms with van der Waals surface area (Å²) < 4.78 is 4.87. The van der Waals surface area contributed by atoms with Gasteiger partial charge in [0.25, 0.3) is 0 Å². The van der Waals surface area contributed by atoms with Gasteiger partial charge < -0.3 is 4.74 Å². The van der Waals surface area contributed by atoms with Gasteiger partial charge in [-0.3, -0.25) is 0 Å². The lowest BCUT2D eigenvalue weighted by atomic mass is 10.2. The second-order valence-corrected chi connectivity index (χ2v) is 3.36. The zero-order valence-electron chi connectivity index (χ0n) is 5.39. The molecule has 0 amide bonds. The topological polar surface area (TPSA) is 26.3 Å². The number of carbonyl (C=O) groups is 1. The fourth-order valence-electron chi connectivity index (χ4n) is 1.54. The van der Waals surface area contributed by atoms with Crippen molar-refractivity contribution in [1.82, 2.24) is 0 Å². The lowest BCUT2D eigenvalue weighted by molar-refractivity contribution is 0.138. The van der Waals surface area contributed by atoms with Gasteiger partial charge in [-0.15, -0.1) is 6.58 Å². The molecule has 0 bridgehead atoms. The first-order valence-electron chi connectivity index (χ1n) is 3.16. The maximum absolute atomic E-state index is 10.3. The Balaban J connectivity index is 2.01. The highest BCUT2D eigenvalue weighted by Gasteiger charge is 2.85. The van der Waals surface area contributed by atoms with Gasteiger partial charge in [0.2, 0.25) is 0 Å². The van der Waals surface area contributed by atoms with Crippen molar-refractivity contribution in [2.24, 2.45) is 5.41 Å². The van der Waals surface area contributed by atoms with Crippen molar-refractivity contribution in [2.75, 3.05) is 0 Å². The zero-order valence-corrected chi connectivity index (χ0v) is 6.15. The molecule has 54 valence electrons. The van der Waals surface area contributed by atoms with Gasteiger partial charge in [0.15, 0.2) is 0 Å². The highest BCUT2D eigenvalue weighted by molar-refractivity contribution is 6.61. The molecule has 0 aromatic carbocycles. The maximum Gasteiger partial charge on any atom is 0.404 e. The average molecular weight is 159 g/mol. The summed E-state index contributed by atoms with van der Waals surface area (Å²) in [7, 11) is 0. The van der Waals surface area contributed by atoms with Gasteiger partial charge in [-0.25, -0.2) is 4.79 Å². The number of hydrogen-bond acceptors (Lipinski definition) is 2. The molecular formula is C7H7ClO2. The molecule has 2 saturated carbocycles. The molecule has 3 heteroatoms. The highest BCUT2D eigenvalue weighted by atomic mass is 35.5. The second-order valence-electron chi connectivity index (χ2n) is 3.05. The minimum atomic E-state index is -0.693. The van der Waals surface area contributed by atoms with Crippen LogP contribution in [0.1, 0.15) is 12.8 Å². The van der Waals surface area contributed by atoms with Crippen molar-refractivity contribution < 1.29 is 9.53 Å². The van der Waals surface area contributed by atoms with Gasteiger partial charge >= 0.3 is 5.43 Å². The molecule has 0 saturated heterocycles. The molecule has 2 rings (SSSR count). The van der Waals surface area contributed by atoms with Crippen molar-refractivity contribution in [1.29, 1.82) is 0 Å². The Hall–Kier alpha value is -0.500. The second kappa shape index (κ2) is 1.40. The quantitative estimate of drug-likeness (QED) is 0.454. The van der Waals surface area contributed by atoms with Crippen LogP contribution >= 0.6 is 11.6 Å². The molecule has 0 atom stereocenters. The van der Waals surface area contributed by atoms with E-state index in [-0.39, 0.29) is 11.0 Å². The van der Waals surface area contributed by atoms with Crippen LogP contribution < -0.4 is 0 Å². The number of ether oxygens (including phenoxy) is 1. The van der Waals surface area contributed by atoms with Crippen LogP contribution in [-0.2, 0) is 4.74 Å². The van der Waals surface area contributed by atoms with Crippen LogP contribution in [0, 0.1) is 5.41 Å². The summed E-state index contributed by atoms with van der Waals surface area (Å²) in [6.07, 6.45) is 3.69. The Labute approximate surface area is 63.8 Å². The molecule has 0 aromatic heterocycles. The lowest BCUT2D eigenvalue weighted by Gasteiger charge is -1.98. The van der Waals surface area contributed by atoms with E-state index < -0.39 is 5.43 Å². The van der Waals surface area contributed by atoms with E-state index in [1.54, 1.807) is 0 Å². The van der Waals surface area contributed by atoms with E-state index in [0.717, 1.165) is 12.8 Å². The number of rotatable bonds is 2. The molecule has 0 aliphatic heterocycles. The number of fused-ring (bicyclic) bond motifs is 1. The van der Waals surface area contributed by atoms with E-state index in [0.29, 0.717) is 0 Å². The van der Waals surface area contributed by atoms with E-state index in [9.17, 15) is 4.79 Å². The van der Waals surface area contributed by atoms with Crippen molar-refractivity contribution in [2.45, 2.75) is 18.4 Å². The molecule has 0 unspecified atom stereocenters. The maximum atomic E-state index is 10.3. The first kappa shape index (κ1) is 6.23. The molecule has 0 N–H and O–H groups in total. The normalized spacial score (nSPS) is 47.3. The summed E-state index contributed by atoms with van der Waals surface area (Å²) in [5, 5.41) is 0. The molecule has 2 nitrogen and oxygen atoms in total. The largest absolute Gasteiger partial charge is 0.446 e. The Morgan fingerprint density at radius 2 is 2.30 bits per heavy atom. The predicted octanol–water partition coefficient (Wildman–Crippen LogP) is 2.08. The van der Waals surface area contributed by atoms with Gasteiger partial charge in [0.05, 0.1) is 0 Å². The van der Waals surface area contributed by atoms with Crippen LogP contribution in [0.5, 0.6) is 0 Å². The smallest absolute Gasteiger partial charge is 0.404 e. The van der Waals surface area contributed by atoms with Gasteiger partial charge in [-0.2, -0.15) is 0 Å². The van der Waals surface area contributed by atoms with E-state index >= 15 is 0 Å². The van der Waals surface area contributed by atoms with Crippen molar-refractivity contribution in [3.63, 3.8) is 0 Å². The minimum Gasteiger partial charge on any atom is -0.446 e. The van der Waals surface area contributed by atoms with Gasteiger partial charge in [0.1, 0.15) is 5.60 Å². The van der Waals surface area contributed by atoms with Crippen LogP contribution in [0.2, 0.25) is 0 Å². The van der Waals surface area contributed by atoms with E-state index in [1.807, 2.05) is 6.08 Å². The molecular weight excluding hydrogens is 152 g/mol. The standard InChI is InChI=1S/C7H7ClO2/c1-2-6-3-7(6,4-6)10-5(8)9/h2H,1,3-4H2.